The number of hydrogen-bond acceptors (Lipinski definition) is 3. The van der Waals surface area contributed by atoms with Gasteiger partial charge in [-0.3, -0.25) is 0 Å². The molecule has 0 spiro atoms. The molecule has 17 heavy (non-hydrogen) atoms. The maximum absolute atomic E-state index is 14.2. The number of hydrogen-bond donors (Lipinski definition) is 0. The first-order valence-corrected chi connectivity index (χ1v) is 6.39. The van der Waals surface area contributed by atoms with E-state index < -0.39 is 0 Å². The van der Waals surface area contributed by atoms with Gasteiger partial charge in [0.05, 0.1) is 5.69 Å². The zero-order valence-electron chi connectivity index (χ0n) is 10.8. The van der Waals surface area contributed by atoms with E-state index in [4.69, 9.17) is 0 Å². The Morgan fingerprint density at radius 3 is 2.65 bits per heavy atom. The van der Waals surface area contributed by atoms with Crippen molar-refractivity contribution < 1.29 is 4.39 Å². The minimum absolute atomic E-state index is 0.234. The van der Waals surface area contributed by atoms with Crippen molar-refractivity contribution in [2.24, 2.45) is 5.92 Å². The summed E-state index contributed by atoms with van der Waals surface area (Å²) in [5, 5.41) is 0. The van der Waals surface area contributed by atoms with Crippen molar-refractivity contribution in [2.75, 3.05) is 11.4 Å². The Bertz CT molecular complexity index is 388. The summed E-state index contributed by atoms with van der Waals surface area (Å²) >= 11 is 0. The van der Waals surface area contributed by atoms with E-state index >= 15 is 0 Å². The summed E-state index contributed by atoms with van der Waals surface area (Å²) in [6.07, 6.45) is 4.39. The number of halogens is 1. The van der Waals surface area contributed by atoms with Gasteiger partial charge in [-0.1, -0.05) is 20.8 Å². The molecule has 1 aromatic heterocycles. The van der Waals surface area contributed by atoms with E-state index in [1.165, 1.54) is 6.33 Å². The normalized spacial score (nSPS) is 15.4. The van der Waals surface area contributed by atoms with Gasteiger partial charge in [0, 0.05) is 12.6 Å². The average Bonchev–Trinajstić information content (AvgIpc) is 3.10. The number of aromatic nitrogens is 2. The molecule has 94 valence electrons. The van der Waals surface area contributed by atoms with Crippen LogP contribution in [0.4, 0.5) is 10.2 Å². The monoisotopic (exact) mass is 237 g/mol. The molecule has 0 bridgehead atoms. The zero-order chi connectivity index (χ0) is 12.4. The molecule has 1 fully saturated rings. The van der Waals surface area contributed by atoms with Crippen LogP contribution < -0.4 is 4.90 Å². The molecule has 0 atom stereocenters. The van der Waals surface area contributed by atoms with Gasteiger partial charge in [-0.25, -0.2) is 14.4 Å². The molecule has 0 saturated heterocycles. The Hall–Kier alpha value is -1.19. The molecule has 1 heterocycles. The fraction of sp³-hybridized carbons (Fsp3) is 0.692. The van der Waals surface area contributed by atoms with E-state index in [1.54, 1.807) is 0 Å². The number of rotatable bonds is 5. The zero-order valence-corrected chi connectivity index (χ0v) is 10.8. The topological polar surface area (TPSA) is 29.0 Å². The molecule has 0 amide bonds. The number of anilines is 1. The highest BCUT2D eigenvalue weighted by Gasteiger charge is 2.32. The Balaban J connectivity index is 2.28. The minimum atomic E-state index is -0.234. The van der Waals surface area contributed by atoms with E-state index in [0.29, 0.717) is 29.9 Å². The van der Waals surface area contributed by atoms with E-state index in [2.05, 4.69) is 28.7 Å². The van der Waals surface area contributed by atoms with Crippen molar-refractivity contribution in [2.45, 2.75) is 46.1 Å². The molecule has 0 aromatic carbocycles. The highest BCUT2D eigenvalue weighted by atomic mass is 19.1. The van der Waals surface area contributed by atoms with E-state index in [-0.39, 0.29) is 5.82 Å². The van der Waals surface area contributed by atoms with Crippen LogP contribution in [-0.4, -0.2) is 22.6 Å². The van der Waals surface area contributed by atoms with E-state index in [9.17, 15) is 4.39 Å². The third-order valence-corrected chi connectivity index (χ3v) is 3.00. The maximum Gasteiger partial charge on any atom is 0.187 e. The number of nitrogens with zero attached hydrogens (tertiary/aromatic N) is 3. The van der Waals surface area contributed by atoms with Crippen LogP contribution in [0.15, 0.2) is 6.33 Å². The lowest BCUT2D eigenvalue weighted by molar-refractivity contribution is 0.556. The first kappa shape index (κ1) is 12.3. The molecule has 4 heteroatoms. The van der Waals surface area contributed by atoms with Crippen LogP contribution in [0.3, 0.4) is 0 Å². The van der Waals surface area contributed by atoms with Crippen LogP contribution in [0.2, 0.25) is 0 Å². The summed E-state index contributed by atoms with van der Waals surface area (Å²) in [6, 6.07) is 0.478. The van der Waals surface area contributed by atoms with Crippen LogP contribution in [-0.2, 0) is 6.42 Å². The van der Waals surface area contributed by atoms with Crippen LogP contribution in [0, 0.1) is 11.7 Å². The third kappa shape index (κ3) is 2.73. The SMILES string of the molecule is CCc1ncnc(N(CC(C)C)C2CC2)c1F. The third-order valence-electron chi connectivity index (χ3n) is 3.00. The molecule has 3 nitrogen and oxygen atoms in total. The van der Waals surface area contributed by atoms with Gasteiger partial charge in [-0.2, -0.15) is 0 Å². The van der Waals surface area contributed by atoms with Gasteiger partial charge < -0.3 is 4.90 Å². The van der Waals surface area contributed by atoms with Gasteiger partial charge in [0.15, 0.2) is 11.6 Å². The second-order valence-electron chi connectivity index (χ2n) is 5.09. The van der Waals surface area contributed by atoms with Gasteiger partial charge in [0.25, 0.3) is 0 Å². The summed E-state index contributed by atoms with van der Waals surface area (Å²) in [5.74, 6) is 0.769. The van der Waals surface area contributed by atoms with Crippen LogP contribution >= 0.6 is 0 Å². The summed E-state index contributed by atoms with van der Waals surface area (Å²) < 4.78 is 14.2. The van der Waals surface area contributed by atoms with E-state index in [1.807, 2.05) is 6.92 Å². The molecule has 2 rings (SSSR count). The lowest BCUT2D eigenvalue weighted by Gasteiger charge is -2.26. The first-order chi connectivity index (χ1) is 8.13. The minimum Gasteiger partial charge on any atom is -0.351 e. The van der Waals surface area contributed by atoms with Crippen molar-refractivity contribution in [1.82, 2.24) is 9.97 Å². The van der Waals surface area contributed by atoms with Crippen LogP contribution in [0.25, 0.3) is 0 Å². The Morgan fingerprint density at radius 2 is 2.12 bits per heavy atom. The second-order valence-corrected chi connectivity index (χ2v) is 5.09. The molecular formula is C13H20FN3. The Labute approximate surface area is 102 Å². The summed E-state index contributed by atoms with van der Waals surface area (Å²) in [7, 11) is 0. The molecule has 1 aliphatic rings. The molecule has 0 N–H and O–H groups in total. The maximum atomic E-state index is 14.2. The average molecular weight is 237 g/mol. The van der Waals surface area contributed by atoms with Crippen molar-refractivity contribution >= 4 is 5.82 Å². The van der Waals surface area contributed by atoms with Crippen molar-refractivity contribution in [3.63, 3.8) is 0 Å². The van der Waals surface area contributed by atoms with Gasteiger partial charge in [0.2, 0.25) is 0 Å². The van der Waals surface area contributed by atoms with Gasteiger partial charge in [-0.05, 0) is 25.2 Å². The standard InChI is InChI=1S/C13H20FN3/c1-4-11-12(14)13(16-8-15-11)17(7-9(2)3)10-5-6-10/h8-10H,4-7H2,1-3H3. The van der Waals surface area contributed by atoms with Crippen LogP contribution in [0.5, 0.6) is 0 Å². The Kier molecular flexibility index (Phi) is 3.60. The predicted octanol–water partition coefficient (Wildman–Crippen LogP) is 2.80. The molecule has 0 radical (unpaired) electrons. The molecule has 0 aliphatic heterocycles. The molecule has 1 aliphatic carbocycles. The largest absolute Gasteiger partial charge is 0.351 e. The fourth-order valence-electron chi connectivity index (χ4n) is 2.03. The van der Waals surface area contributed by atoms with E-state index in [0.717, 1.165) is 19.4 Å². The quantitative estimate of drug-likeness (QED) is 0.788. The number of aryl methyl sites for hydroxylation is 1. The smallest absolute Gasteiger partial charge is 0.187 e. The summed E-state index contributed by atoms with van der Waals surface area (Å²) in [6.45, 7) is 7.07. The van der Waals surface area contributed by atoms with Gasteiger partial charge in [0.1, 0.15) is 6.33 Å². The van der Waals surface area contributed by atoms with Crippen molar-refractivity contribution in [3.05, 3.63) is 17.8 Å². The second kappa shape index (κ2) is 4.98. The van der Waals surface area contributed by atoms with Gasteiger partial charge in [-0.15, -0.1) is 0 Å². The molecule has 0 unspecified atom stereocenters. The van der Waals surface area contributed by atoms with Gasteiger partial charge >= 0.3 is 0 Å². The highest BCUT2D eigenvalue weighted by molar-refractivity contribution is 5.43. The van der Waals surface area contributed by atoms with Crippen molar-refractivity contribution in [1.29, 1.82) is 0 Å². The Morgan fingerprint density at radius 1 is 1.41 bits per heavy atom. The summed E-state index contributed by atoms with van der Waals surface area (Å²) in [4.78, 5) is 10.2. The van der Waals surface area contributed by atoms with Crippen molar-refractivity contribution in [3.8, 4) is 0 Å². The van der Waals surface area contributed by atoms with Crippen LogP contribution in [0.1, 0.15) is 39.3 Å². The first-order valence-electron chi connectivity index (χ1n) is 6.39. The summed E-state index contributed by atoms with van der Waals surface area (Å²) in [5.41, 5.74) is 0.518. The lowest BCUT2D eigenvalue weighted by Crippen LogP contribution is -2.31. The lowest BCUT2D eigenvalue weighted by atomic mass is 10.2. The highest BCUT2D eigenvalue weighted by Crippen LogP contribution is 2.32. The molecule has 1 saturated carbocycles. The predicted molar refractivity (Wildman–Crippen MR) is 66.6 cm³/mol. The molecule has 1 aromatic rings. The fourth-order valence-corrected chi connectivity index (χ4v) is 2.03. The molecular weight excluding hydrogens is 217 g/mol.